The summed E-state index contributed by atoms with van der Waals surface area (Å²) < 4.78 is 2.09. The van der Waals surface area contributed by atoms with Crippen molar-refractivity contribution in [2.75, 3.05) is 18.1 Å². The highest BCUT2D eigenvalue weighted by atomic mass is 32.2. The highest BCUT2D eigenvalue weighted by molar-refractivity contribution is 7.99. The van der Waals surface area contributed by atoms with Gasteiger partial charge in [-0.2, -0.15) is 16.9 Å². The second-order valence-electron chi connectivity index (χ2n) is 3.84. The minimum atomic E-state index is 0.912. The average Bonchev–Trinajstić information content (AvgIpc) is 2.76. The van der Waals surface area contributed by atoms with Gasteiger partial charge in [-0.1, -0.05) is 13.0 Å². The van der Waals surface area contributed by atoms with Gasteiger partial charge in [0.25, 0.3) is 0 Å². The summed E-state index contributed by atoms with van der Waals surface area (Å²) in [4.78, 5) is 0. The Morgan fingerprint density at radius 3 is 3.00 bits per heavy atom. The molecular weight excluding hydrogens is 230 g/mol. The zero-order valence-electron chi connectivity index (χ0n) is 10.9. The molecule has 0 saturated carbocycles. The van der Waals surface area contributed by atoms with Crippen LogP contribution in [0.25, 0.3) is 0 Å². The number of rotatable bonds is 9. The van der Waals surface area contributed by atoms with Crippen LogP contribution in [0.15, 0.2) is 18.7 Å². The van der Waals surface area contributed by atoms with Gasteiger partial charge in [-0.25, -0.2) is 0 Å². The first-order chi connectivity index (χ1) is 8.31. The lowest BCUT2D eigenvalue weighted by molar-refractivity contribution is 0.586. The van der Waals surface area contributed by atoms with E-state index in [1.807, 2.05) is 17.8 Å². The second kappa shape index (κ2) is 8.37. The predicted molar refractivity (Wildman–Crippen MR) is 76.5 cm³/mol. The van der Waals surface area contributed by atoms with Gasteiger partial charge in [0.05, 0.1) is 11.4 Å². The summed E-state index contributed by atoms with van der Waals surface area (Å²) >= 11 is 1.91. The van der Waals surface area contributed by atoms with E-state index < -0.39 is 0 Å². The zero-order valence-corrected chi connectivity index (χ0v) is 11.7. The molecule has 1 N–H and O–H groups in total. The number of thioether (sulfide) groups is 1. The Kier molecular flexibility index (Phi) is 7.05. The molecule has 3 nitrogen and oxygen atoms in total. The molecule has 0 spiro atoms. The normalized spacial score (nSPS) is 10.7. The van der Waals surface area contributed by atoms with Crippen LogP contribution >= 0.6 is 11.8 Å². The molecule has 0 aliphatic heterocycles. The van der Waals surface area contributed by atoms with Crippen molar-refractivity contribution in [3.63, 3.8) is 0 Å². The lowest BCUT2D eigenvalue weighted by atomic mass is 10.3. The first kappa shape index (κ1) is 14.3. The molecule has 0 saturated heterocycles. The lowest BCUT2D eigenvalue weighted by Gasteiger charge is -2.06. The van der Waals surface area contributed by atoms with Crippen molar-refractivity contribution in [2.24, 2.45) is 0 Å². The molecule has 1 aromatic heterocycles. The Balaban J connectivity index is 2.30. The molecule has 0 aliphatic rings. The van der Waals surface area contributed by atoms with Crippen LogP contribution in [0.5, 0.6) is 0 Å². The van der Waals surface area contributed by atoms with Gasteiger partial charge in [-0.15, -0.1) is 6.58 Å². The SMILES string of the molecule is C=CCSCCNCc1cc(CC)nn1CC. The number of hydrogen-bond donors (Lipinski definition) is 1. The fourth-order valence-electron chi connectivity index (χ4n) is 1.63. The first-order valence-electron chi connectivity index (χ1n) is 6.26. The minimum absolute atomic E-state index is 0.912. The van der Waals surface area contributed by atoms with Gasteiger partial charge < -0.3 is 5.32 Å². The Morgan fingerprint density at radius 1 is 1.53 bits per heavy atom. The number of nitrogens with one attached hydrogen (secondary N) is 1. The third-order valence-electron chi connectivity index (χ3n) is 2.54. The van der Waals surface area contributed by atoms with E-state index in [4.69, 9.17) is 0 Å². The summed E-state index contributed by atoms with van der Waals surface area (Å²) in [7, 11) is 0. The van der Waals surface area contributed by atoms with Crippen molar-refractivity contribution >= 4 is 11.8 Å². The molecule has 4 heteroatoms. The van der Waals surface area contributed by atoms with Crippen LogP contribution in [0, 0.1) is 0 Å². The van der Waals surface area contributed by atoms with Crippen LogP contribution in [0.4, 0.5) is 0 Å². The second-order valence-corrected chi connectivity index (χ2v) is 4.99. The van der Waals surface area contributed by atoms with E-state index in [0.717, 1.165) is 37.6 Å². The maximum Gasteiger partial charge on any atom is 0.0625 e. The molecule has 0 bridgehead atoms. The van der Waals surface area contributed by atoms with Crippen molar-refractivity contribution in [1.29, 1.82) is 0 Å². The molecule has 0 radical (unpaired) electrons. The third kappa shape index (κ3) is 4.96. The van der Waals surface area contributed by atoms with Gasteiger partial charge >= 0.3 is 0 Å². The molecule has 0 amide bonds. The Labute approximate surface area is 109 Å². The fourth-order valence-corrected chi connectivity index (χ4v) is 2.25. The molecular formula is C13H23N3S. The van der Waals surface area contributed by atoms with Gasteiger partial charge in [0.1, 0.15) is 0 Å². The van der Waals surface area contributed by atoms with E-state index in [1.165, 1.54) is 11.4 Å². The summed E-state index contributed by atoms with van der Waals surface area (Å²) in [5, 5.41) is 7.99. The van der Waals surface area contributed by atoms with Crippen molar-refractivity contribution in [3.8, 4) is 0 Å². The van der Waals surface area contributed by atoms with Gasteiger partial charge in [0.15, 0.2) is 0 Å². The Hall–Kier alpha value is -0.740. The van der Waals surface area contributed by atoms with E-state index in [1.54, 1.807) is 0 Å². The number of hydrogen-bond acceptors (Lipinski definition) is 3. The summed E-state index contributed by atoms with van der Waals surface area (Å²) in [5.41, 5.74) is 2.47. The van der Waals surface area contributed by atoms with Crippen LogP contribution in [0.3, 0.4) is 0 Å². The monoisotopic (exact) mass is 253 g/mol. The molecule has 0 unspecified atom stereocenters. The number of nitrogens with zero attached hydrogens (tertiary/aromatic N) is 2. The third-order valence-corrected chi connectivity index (χ3v) is 3.50. The summed E-state index contributed by atoms with van der Waals surface area (Å²) in [6.45, 7) is 10.9. The smallest absolute Gasteiger partial charge is 0.0625 e. The molecule has 0 aromatic carbocycles. The predicted octanol–water partition coefficient (Wildman–Crippen LogP) is 2.47. The largest absolute Gasteiger partial charge is 0.310 e. The average molecular weight is 253 g/mol. The summed E-state index contributed by atoms with van der Waals surface area (Å²) in [5.74, 6) is 2.17. The molecule has 0 fully saturated rings. The van der Waals surface area contributed by atoms with Gasteiger partial charge in [0, 0.05) is 31.1 Å². The van der Waals surface area contributed by atoms with E-state index in [9.17, 15) is 0 Å². The molecule has 17 heavy (non-hydrogen) atoms. The maximum absolute atomic E-state index is 4.53. The van der Waals surface area contributed by atoms with E-state index >= 15 is 0 Å². The zero-order chi connectivity index (χ0) is 12.5. The Bertz CT molecular complexity index is 333. The molecule has 1 rings (SSSR count). The van der Waals surface area contributed by atoms with Crippen LogP contribution in [-0.4, -0.2) is 27.8 Å². The minimum Gasteiger partial charge on any atom is -0.310 e. The molecule has 96 valence electrons. The van der Waals surface area contributed by atoms with Crippen molar-refractivity contribution in [3.05, 3.63) is 30.1 Å². The molecule has 0 aliphatic carbocycles. The standard InChI is InChI=1S/C13H23N3S/c1-4-8-17-9-7-14-11-13-10-12(5-2)15-16(13)6-3/h4,10,14H,1,5-9,11H2,2-3H3. The van der Waals surface area contributed by atoms with E-state index in [2.05, 4.69) is 41.6 Å². The van der Waals surface area contributed by atoms with Crippen molar-refractivity contribution in [2.45, 2.75) is 33.4 Å². The van der Waals surface area contributed by atoms with Crippen LogP contribution in [-0.2, 0) is 19.5 Å². The lowest BCUT2D eigenvalue weighted by Crippen LogP contribution is -2.19. The summed E-state index contributed by atoms with van der Waals surface area (Å²) in [6, 6.07) is 2.20. The number of aryl methyl sites for hydroxylation is 2. The fraction of sp³-hybridized carbons (Fsp3) is 0.615. The van der Waals surface area contributed by atoms with Gasteiger partial charge in [-0.05, 0) is 19.4 Å². The van der Waals surface area contributed by atoms with E-state index in [-0.39, 0.29) is 0 Å². The van der Waals surface area contributed by atoms with Crippen LogP contribution in [0.1, 0.15) is 25.2 Å². The highest BCUT2D eigenvalue weighted by Crippen LogP contribution is 2.05. The van der Waals surface area contributed by atoms with Crippen molar-refractivity contribution in [1.82, 2.24) is 15.1 Å². The maximum atomic E-state index is 4.53. The highest BCUT2D eigenvalue weighted by Gasteiger charge is 2.04. The number of aromatic nitrogens is 2. The Morgan fingerprint density at radius 2 is 2.35 bits per heavy atom. The van der Waals surface area contributed by atoms with Crippen LogP contribution in [0.2, 0.25) is 0 Å². The molecule has 1 heterocycles. The van der Waals surface area contributed by atoms with E-state index in [0.29, 0.717) is 0 Å². The first-order valence-corrected chi connectivity index (χ1v) is 7.42. The quantitative estimate of drug-likeness (QED) is 0.541. The summed E-state index contributed by atoms with van der Waals surface area (Å²) in [6.07, 6.45) is 2.96. The van der Waals surface area contributed by atoms with Crippen molar-refractivity contribution < 1.29 is 0 Å². The van der Waals surface area contributed by atoms with Gasteiger partial charge in [0.2, 0.25) is 0 Å². The van der Waals surface area contributed by atoms with Gasteiger partial charge in [-0.3, -0.25) is 4.68 Å². The van der Waals surface area contributed by atoms with Crippen LogP contribution < -0.4 is 5.32 Å². The molecule has 0 atom stereocenters. The molecule has 1 aromatic rings. The topological polar surface area (TPSA) is 29.9 Å².